The summed E-state index contributed by atoms with van der Waals surface area (Å²) in [5.74, 6) is -0.437. The summed E-state index contributed by atoms with van der Waals surface area (Å²) in [5.41, 5.74) is 6.07. The highest BCUT2D eigenvalue weighted by molar-refractivity contribution is 6.35. The van der Waals surface area contributed by atoms with E-state index >= 15 is 0 Å². The fourth-order valence-corrected chi connectivity index (χ4v) is 1.99. The average molecular weight is 354 g/mol. The first kappa shape index (κ1) is 17.1. The standard InChI is InChI=1S/C15H13Cl2N3O3/c1-9(22-13-6-5-10(16)8-11(13)17)15(21)23-20-14(18)12-4-2-3-7-19-12/h2-9H,1H3,(H2,18,20). The lowest BCUT2D eigenvalue weighted by atomic mass is 10.3. The number of ether oxygens (including phenoxy) is 1. The number of amidine groups is 1. The number of nitrogens with two attached hydrogens (primary N) is 1. The molecule has 6 nitrogen and oxygen atoms in total. The lowest BCUT2D eigenvalue weighted by Crippen LogP contribution is -2.26. The zero-order valence-corrected chi connectivity index (χ0v) is 13.6. The largest absolute Gasteiger partial charge is 0.477 e. The summed E-state index contributed by atoms with van der Waals surface area (Å²) < 4.78 is 5.41. The van der Waals surface area contributed by atoms with Crippen molar-refractivity contribution in [3.63, 3.8) is 0 Å². The van der Waals surface area contributed by atoms with Crippen molar-refractivity contribution in [2.45, 2.75) is 13.0 Å². The van der Waals surface area contributed by atoms with E-state index in [-0.39, 0.29) is 10.9 Å². The molecule has 1 heterocycles. The zero-order valence-electron chi connectivity index (χ0n) is 12.1. The molecular formula is C15H13Cl2N3O3. The summed E-state index contributed by atoms with van der Waals surface area (Å²) in [6.07, 6.45) is 0.613. The second-order valence-electron chi connectivity index (χ2n) is 4.44. The van der Waals surface area contributed by atoms with Gasteiger partial charge in [0.25, 0.3) is 0 Å². The van der Waals surface area contributed by atoms with Gasteiger partial charge in [0.15, 0.2) is 11.9 Å². The van der Waals surface area contributed by atoms with Crippen molar-refractivity contribution in [2.24, 2.45) is 10.9 Å². The summed E-state index contributed by atoms with van der Waals surface area (Å²) in [4.78, 5) is 20.6. The first-order chi connectivity index (χ1) is 11.0. The van der Waals surface area contributed by atoms with Crippen molar-refractivity contribution < 1.29 is 14.4 Å². The van der Waals surface area contributed by atoms with E-state index in [0.29, 0.717) is 16.5 Å². The Hall–Kier alpha value is -2.31. The Morgan fingerprint density at radius 1 is 1.30 bits per heavy atom. The third kappa shape index (κ3) is 4.84. The summed E-state index contributed by atoms with van der Waals surface area (Å²) in [6, 6.07) is 9.77. The van der Waals surface area contributed by atoms with E-state index in [4.69, 9.17) is 38.5 Å². The van der Waals surface area contributed by atoms with Crippen molar-refractivity contribution in [1.82, 2.24) is 4.98 Å². The molecule has 0 saturated carbocycles. The Morgan fingerprint density at radius 2 is 2.09 bits per heavy atom. The maximum Gasteiger partial charge on any atom is 0.374 e. The Labute approximate surface area is 142 Å². The number of pyridine rings is 1. The van der Waals surface area contributed by atoms with E-state index in [0.717, 1.165) is 0 Å². The zero-order chi connectivity index (χ0) is 16.8. The minimum atomic E-state index is -0.936. The SMILES string of the molecule is CC(Oc1ccc(Cl)cc1Cl)C(=O)ON=C(N)c1ccccn1. The number of nitrogens with zero attached hydrogens (tertiary/aromatic N) is 2. The maximum absolute atomic E-state index is 11.9. The second-order valence-corrected chi connectivity index (χ2v) is 5.28. The quantitative estimate of drug-likeness (QED) is 0.386. The van der Waals surface area contributed by atoms with Crippen LogP contribution in [-0.4, -0.2) is 22.9 Å². The van der Waals surface area contributed by atoms with Crippen LogP contribution in [0.1, 0.15) is 12.6 Å². The molecule has 0 aliphatic carbocycles. The minimum absolute atomic E-state index is 0.0179. The normalized spacial score (nSPS) is 12.6. The van der Waals surface area contributed by atoms with Gasteiger partial charge in [-0.15, -0.1) is 0 Å². The molecule has 0 spiro atoms. The fraction of sp³-hybridized carbons (Fsp3) is 0.133. The van der Waals surface area contributed by atoms with Crippen LogP contribution in [0.3, 0.4) is 0 Å². The Morgan fingerprint density at radius 3 is 2.74 bits per heavy atom. The van der Waals surface area contributed by atoms with Crippen LogP contribution >= 0.6 is 23.2 Å². The van der Waals surface area contributed by atoms with E-state index in [9.17, 15) is 4.79 Å². The summed E-state index contributed by atoms with van der Waals surface area (Å²) in [5, 5.41) is 4.29. The molecule has 2 rings (SSSR count). The molecule has 1 aromatic heterocycles. The Kier molecular flexibility index (Phi) is 5.78. The highest BCUT2D eigenvalue weighted by atomic mass is 35.5. The third-order valence-electron chi connectivity index (χ3n) is 2.69. The number of hydrogen-bond donors (Lipinski definition) is 1. The molecule has 0 aliphatic heterocycles. The molecule has 1 unspecified atom stereocenters. The first-order valence-electron chi connectivity index (χ1n) is 6.55. The Balaban J connectivity index is 1.97. The first-order valence-corrected chi connectivity index (χ1v) is 7.30. The van der Waals surface area contributed by atoms with Gasteiger partial charge >= 0.3 is 5.97 Å². The third-order valence-corrected chi connectivity index (χ3v) is 3.22. The molecule has 0 aliphatic rings. The van der Waals surface area contributed by atoms with E-state index in [1.165, 1.54) is 13.0 Å². The molecule has 2 N–H and O–H groups in total. The van der Waals surface area contributed by atoms with Crippen molar-refractivity contribution >= 4 is 35.0 Å². The van der Waals surface area contributed by atoms with Crippen LogP contribution < -0.4 is 10.5 Å². The van der Waals surface area contributed by atoms with Gasteiger partial charge in [-0.25, -0.2) is 4.79 Å². The van der Waals surface area contributed by atoms with Crippen molar-refractivity contribution in [1.29, 1.82) is 0 Å². The number of oxime groups is 1. The number of carbonyl (C=O) groups is 1. The number of hydrogen-bond acceptors (Lipinski definition) is 5. The smallest absolute Gasteiger partial charge is 0.374 e. The molecule has 2 aromatic rings. The molecular weight excluding hydrogens is 341 g/mol. The average Bonchev–Trinajstić information content (AvgIpc) is 2.55. The van der Waals surface area contributed by atoms with Crippen LogP contribution in [0.5, 0.6) is 5.75 Å². The topological polar surface area (TPSA) is 86.8 Å². The van der Waals surface area contributed by atoms with Gasteiger partial charge in [-0.2, -0.15) is 0 Å². The number of carbonyl (C=O) groups excluding carboxylic acids is 1. The molecule has 120 valence electrons. The number of rotatable bonds is 5. The van der Waals surface area contributed by atoms with Gasteiger partial charge < -0.3 is 15.3 Å². The molecule has 1 aromatic carbocycles. The molecule has 0 amide bonds. The molecule has 0 fully saturated rings. The fourth-order valence-electron chi connectivity index (χ4n) is 1.54. The van der Waals surface area contributed by atoms with Gasteiger partial charge in [0.1, 0.15) is 11.4 Å². The lowest BCUT2D eigenvalue weighted by Gasteiger charge is -2.13. The monoisotopic (exact) mass is 353 g/mol. The number of benzene rings is 1. The molecule has 0 saturated heterocycles. The van der Waals surface area contributed by atoms with Crippen LogP contribution in [0.4, 0.5) is 0 Å². The van der Waals surface area contributed by atoms with Gasteiger partial charge in [0.2, 0.25) is 0 Å². The van der Waals surface area contributed by atoms with Gasteiger partial charge in [0, 0.05) is 11.2 Å². The molecule has 1 atom stereocenters. The predicted molar refractivity (Wildman–Crippen MR) is 87.6 cm³/mol. The summed E-state index contributed by atoms with van der Waals surface area (Å²) in [7, 11) is 0. The highest BCUT2D eigenvalue weighted by Gasteiger charge is 2.18. The van der Waals surface area contributed by atoms with Crippen molar-refractivity contribution in [3.8, 4) is 5.75 Å². The summed E-state index contributed by atoms with van der Waals surface area (Å²) >= 11 is 11.8. The highest BCUT2D eigenvalue weighted by Crippen LogP contribution is 2.28. The van der Waals surface area contributed by atoms with E-state index in [1.54, 1.807) is 36.5 Å². The van der Waals surface area contributed by atoms with Gasteiger partial charge in [0.05, 0.1) is 5.02 Å². The predicted octanol–water partition coefficient (Wildman–Crippen LogP) is 3.02. The second kappa shape index (κ2) is 7.80. The van der Waals surface area contributed by atoms with Gasteiger partial charge in [-0.3, -0.25) is 4.98 Å². The van der Waals surface area contributed by atoms with Crippen LogP contribution in [0.2, 0.25) is 10.0 Å². The molecule has 0 radical (unpaired) electrons. The van der Waals surface area contributed by atoms with Crippen LogP contribution in [0, 0.1) is 0 Å². The van der Waals surface area contributed by atoms with Crippen molar-refractivity contribution in [3.05, 3.63) is 58.3 Å². The molecule has 8 heteroatoms. The Bertz CT molecular complexity index is 723. The lowest BCUT2D eigenvalue weighted by molar-refractivity contribution is -0.151. The van der Waals surface area contributed by atoms with Crippen LogP contribution in [0.25, 0.3) is 0 Å². The van der Waals surface area contributed by atoms with E-state index in [1.807, 2.05) is 0 Å². The van der Waals surface area contributed by atoms with Gasteiger partial charge in [-0.05, 0) is 37.3 Å². The summed E-state index contributed by atoms with van der Waals surface area (Å²) in [6.45, 7) is 1.50. The maximum atomic E-state index is 11.9. The number of halogens is 2. The molecule has 23 heavy (non-hydrogen) atoms. The van der Waals surface area contributed by atoms with Crippen LogP contribution in [0.15, 0.2) is 47.8 Å². The minimum Gasteiger partial charge on any atom is -0.477 e. The molecule has 0 bridgehead atoms. The van der Waals surface area contributed by atoms with Crippen LogP contribution in [-0.2, 0) is 9.63 Å². The van der Waals surface area contributed by atoms with Gasteiger partial charge in [-0.1, -0.05) is 34.4 Å². The van der Waals surface area contributed by atoms with E-state index < -0.39 is 12.1 Å². The van der Waals surface area contributed by atoms with Crippen molar-refractivity contribution in [2.75, 3.05) is 0 Å². The number of aromatic nitrogens is 1. The van der Waals surface area contributed by atoms with E-state index in [2.05, 4.69) is 10.1 Å².